The van der Waals surface area contributed by atoms with E-state index < -0.39 is 15.4 Å². The lowest BCUT2D eigenvalue weighted by atomic mass is 10.0. The number of hydrogen-bond acceptors (Lipinski definition) is 4. The number of rotatable bonds is 4. The van der Waals surface area contributed by atoms with Crippen LogP contribution >= 0.6 is 0 Å². The zero-order valence-corrected chi connectivity index (χ0v) is 12.5. The van der Waals surface area contributed by atoms with Gasteiger partial charge in [0.25, 0.3) is 5.91 Å². The summed E-state index contributed by atoms with van der Waals surface area (Å²) in [7, 11) is -3.03. The summed E-state index contributed by atoms with van der Waals surface area (Å²) in [6.45, 7) is 4.23. The van der Waals surface area contributed by atoms with Crippen LogP contribution in [-0.2, 0) is 9.84 Å². The quantitative estimate of drug-likeness (QED) is 0.911. The fraction of sp³-hybridized carbons (Fsp3) is 0.500. The van der Waals surface area contributed by atoms with Crippen molar-refractivity contribution in [3.8, 4) is 5.75 Å². The first-order valence-electron chi connectivity index (χ1n) is 6.59. The third-order valence-electron chi connectivity index (χ3n) is 3.35. The summed E-state index contributed by atoms with van der Waals surface area (Å²) in [6.07, 6.45) is 0.456. The van der Waals surface area contributed by atoms with E-state index in [9.17, 15) is 13.2 Å². The molecule has 0 unspecified atom stereocenters. The van der Waals surface area contributed by atoms with Crippen molar-refractivity contribution in [1.29, 1.82) is 0 Å². The van der Waals surface area contributed by atoms with Gasteiger partial charge in [-0.3, -0.25) is 4.79 Å². The number of carbonyl (C=O) groups excluding carboxylic acids is 1. The fourth-order valence-electron chi connectivity index (χ4n) is 2.32. The first-order valence-corrected chi connectivity index (χ1v) is 8.41. The highest BCUT2D eigenvalue weighted by atomic mass is 32.2. The van der Waals surface area contributed by atoms with Crippen LogP contribution in [0.15, 0.2) is 24.3 Å². The zero-order chi connectivity index (χ0) is 14.8. The smallest absolute Gasteiger partial charge is 0.251 e. The Morgan fingerprint density at radius 3 is 2.50 bits per heavy atom. The van der Waals surface area contributed by atoms with Gasteiger partial charge in [0.05, 0.1) is 23.7 Å². The Morgan fingerprint density at radius 2 is 2.00 bits per heavy atom. The van der Waals surface area contributed by atoms with Crippen LogP contribution in [0.3, 0.4) is 0 Å². The zero-order valence-electron chi connectivity index (χ0n) is 11.7. The van der Waals surface area contributed by atoms with Gasteiger partial charge in [-0.05, 0) is 44.5 Å². The van der Waals surface area contributed by atoms with Crippen LogP contribution in [0.2, 0.25) is 0 Å². The second kappa shape index (κ2) is 5.44. The van der Waals surface area contributed by atoms with Crippen molar-refractivity contribution in [2.24, 2.45) is 0 Å². The third-order valence-corrected chi connectivity index (χ3v) is 5.25. The molecule has 0 aromatic heterocycles. The Balaban J connectivity index is 2.05. The molecule has 110 valence electrons. The number of hydrogen-bond donors (Lipinski definition) is 1. The first-order chi connectivity index (χ1) is 9.34. The van der Waals surface area contributed by atoms with Crippen LogP contribution < -0.4 is 10.1 Å². The second-order valence-electron chi connectivity index (χ2n) is 5.31. The van der Waals surface area contributed by atoms with Crippen molar-refractivity contribution in [1.82, 2.24) is 5.32 Å². The Morgan fingerprint density at radius 1 is 1.35 bits per heavy atom. The van der Waals surface area contributed by atoms with E-state index >= 15 is 0 Å². The maximum atomic E-state index is 12.1. The molecule has 1 N–H and O–H groups in total. The molecule has 1 fully saturated rings. The fourth-order valence-corrected chi connectivity index (χ4v) is 4.42. The van der Waals surface area contributed by atoms with E-state index in [1.165, 1.54) is 0 Å². The van der Waals surface area contributed by atoms with Crippen molar-refractivity contribution >= 4 is 15.7 Å². The summed E-state index contributed by atoms with van der Waals surface area (Å²) in [5.74, 6) is 0.585. The Kier molecular flexibility index (Phi) is 4.04. The van der Waals surface area contributed by atoms with E-state index in [4.69, 9.17) is 4.74 Å². The van der Waals surface area contributed by atoms with E-state index in [-0.39, 0.29) is 17.4 Å². The summed E-state index contributed by atoms with van der Waals surface area (Å²) in [6, 6.07) is 6.80. The van der Waals surface area contributed by atoms with E-state index in [2.05, 4.69) is 5.32 Å². The van der Waals surface area contributed by atoms with Gasteiger partial charge < -0.3 is 10.1 Å². The minimum absolute atomic E-state index is 0.00275. The SMILES string of the molecule is CCOc1ccc(C(=O)N[C@]2(C)CCS(=O)(=O)C2)cc1. The molecule has 5 nitrogen and oxygen atoms in total. The molecule has 20 heavy (non-hydrogen) atoms. The third kappa shape index (κ3) is 3.50. The molecular formula is C14H19NO4S. The molecule has 1 heterocycles. The van der Waals surface area contributed by atoms with Crippen molar-refractivity contribution in [2.75, 3.05) is 18.1 Å². The van der Waals surface area contributed by atoms with Gasteiger partial charge >= 0.3 is 0 Å². The normalized spacial score (nSPS) is 24.3. The highest BCUT2D eigenvalue weighted by Gasteiger charge is 2.39. The average Bonchev–Trinajstić information content (AvgIpc) is 2.64. The number of amides is 1. The average molecular weight is 297 g/mol. The number of benzene rings is 1. The van der Waals surface area contributed by atoms with Crippen LogP contribution in [0.1, 0.15) is 30.6 Å². The predicted octanol–water partition coefficient (Wildman–Crippen LogP) is 1.39. The largest absolute Gasteiger partial charge is 0.494 e. The lowest BCUT2D eigenvalue weighted by Crippen LogP contribution is -2.46. The van der Waals surface area contributed by atoms with Crippen molar-refractivity contribution in [3.05, 3.63) is 29.8 Å². The molecule has 1 aromatic carbocycles. The minimum atomic E-state index is -3.03. The highest BCUT2D eigenvalue weighted by molar-refractivity contribution is 7.91. The Labute approximate surface area is 119 Å². The number of nitrogens with one attached hydrogen (secondary N) is 1. The molecule has 0 bridgehead atoms. The molecule has 0 aliphatic carbocycles. The summed E-state index contributed by atoms with van der Waals surface area (Å²) < 4.78 is 28.3. The van der Waals surface area contributed by atoms with Crippen LogP contribution in [-0.4, -0.2) is 38.0 Å². The van der Waals surface area contributed by atoms with Crippen LogP contribution in [0.4, 0.5) is 0 Å². The van der Waals surface area contributed by atoms with E-state index in [1.54, 1.807) is 31.2 Å². The molecule has 2 rings (SSSR count). The lowest BCUT2D eigenvalue weighted by Gasteiger charge is -2.23. The first kappa shape index (κ1) is 14.8. The van der Waals surface area contributed by atoms with Crippen molar-refractivity contribution in [3.63, 3.8) is 0 Å². The maximum absolute atomic E-state index is 12.1. The number of carbonyl (C=O) groups is 1. The van der Waals surface area contributed by atoms with E-state index in [0.717, 1.165) is 0 Å². The second-order valence-corrected chi connectivity index (χ2v) is 7.50. The standard InChI is InChI=1S/C14H19NO4S/c1-3-19-12-6-4-11(5-7-12)13(16)15-14(2)8-9-20(17,18)10-14/h4-7H,3,8-10H2,1-2H3,(H,15,16)/t14-/m1/s1. The molecule has 0 saturated carbocycles. The molecule has 1 aliphatic heterocycles. The molecular weight excluding hydrogens is 278 g/mol. The lowest BCUT2D eigenvalue weighted by molar-refractivity contribution is 0.0915. The van der Waals surface area contributed by atoms with Gasteiger partial charge in [-0.2, -0.15) is 0 Å². The van der Waals surface area contributed by atoms with Crippen molar-refractivity contribution < 1.29 is 17.9 Å². The molecule has 1 amide bonds. The molecule has 1 aliphatic rings. The van der Waals surface area contributed by atoms with Gasteiger partial charge in [0, 0.05) is 5.56 Å². The summed E-state index contributed by atoms with van der Waals surface area (Å²) in [5, 5.41) is 2.82. The monoisotopic (exact) mass is 297 g/mol. The summed E-state index contributed by atoms with van der Waals surface area (Å²) >= 11 is 0. The Bertz CT molecular complexity index is 594. The van der Waals surface area contributed by atoms with Crippen molar-refractivity contribution in [2.45, 2.75) is 25.8 Å². The topological polar surface area (TPSA) is 72.5 Å². The number of ether oxygens (including phenoxy) is 1. The molecule has 0 radical (unpaired) electrons. The molecule has 1 atom stereocenters. The van der Waals surface area contributed by atoms with Gasteiger partial charge in [0.15, 0.2) is 9.84 Å². The molecule has 6 heteroatoms. The molecule has 1 saturated heterocycles. The summed E-state index contributed by atoms with van der Waals surface area (Å²) in [4.78, 5) is 12.1. The van der Waals surface area contributed by atoms with Gasteiger partial charge in [0.1, 0.15) is 5.75 Å². The van der Waals surface area contributed by atoms with Crippen LogP contribution in [0.25, 0.3) is 0 Å². The predicted molar refractivity (Wildman–Crippen MR) is 76.8 cm³/mol. The minimum Gasteiger partial charge on any atom is -0.494 e. The Hall–Kier alpha value is -1.56. The van der Waals surface area contributed by atoms with Gasteiger partial charge in [-0.15, -0.1) is 0 Å². The molecule has 0 spiro atoms. The molecule has 1 aromatic rings. The van der Waals surface area contributed by atoms with Gasteiger partial charge in [0.2, 0.25) is 0 Å². The van der Waals surface area contributed by atoms with Gasteiger partial charge in [-0.25, -0.2) is 8.42 Å². The van der Waals surface area contributed by atoms with Crippen LogP contribution in [0.5, 0.6) is 5.75 Å². The van der Waals surface area contributed by atoms with E-state index in [1.807, 2.05) is 6.92 Å². The van der Waals surface area contributed by atoms with E-state index in [0.29, 0.717) is 24.3 Å². The highest BCUT2D eigenvalue weighted by Crippen LogP contribution is 2.23. The van der Waals surface area contributed by atoms with Gasteiger partial charge in [-0.1, -0.05) is 0 Å². The summed E-state index contributed by atoms with van der Waals surface area (Å²) in [5.41, 5.74) is -0.173. The maximum Gasteiger partial charge on any atom is 0.251 e. The van der Waals surface area contributed by atoms with Crippen LogP contribution in [0, 0.1) is 0 Å². The number of sulfone groups is 1.